The van der Waals surface area contributed by atoms with Gasteiger partial charge in [-0.15, -0.1) is 0 Å². The Morgan fingerprint density at radius 2 is 2.19 bits per heavy atom. The summed E-state index contributed by atoms with van der Waals surface area (Å²) in [5.74, 6) is 1.84. The average Bonchev–Trinajstić information content (AvgIpc) is 2.92. The van der Waals surface area contributed by atoms with E-state index >= 15 is 0 Å². The van der Waals surface area contributed by atoms with Crippen LogP contribution in [-0.4, -0.2) is 16.7 Å². The zero-order chi connectivity index (χ0) is 15.1. The molecule has 6 heteroatoms. The van der Waals surface area contributed by atoms with E-state index in [0.717, 1.165) is 24.9 Å². The third-order valence-electron chi connectivity index (χ3n) is 2.94. The van der Waals surface area contributed by atoms with E-state index in [0.29, 0.717) is 29.0 Å². The van der Waals surface area contributed by atoms with Gasteiger partial charge in [-0.1, -0.05) is 42.7 Å². The summed E-state index contributed by atoms with van der Waals surface area (Å²) in [5, 5.41) is 7.74. The largest absolute Gasteiger partial charge is 0.482 e. The van der Waals surface area contributed by atoms with Crippen LogP contribution in [0.2, 0.25) is 5.02 Å². The Kier molecular flexibility index (Phi) is 6.02. The Hall–Kier alpha value is -1.59. The molecule has 0 saturated carbocycles. The minimum absolute atomic E-state index is 0.222. The van der Waals surface area contributed by atoms with Gasteiger partial charge in [0.1, 0.15) is 5.75 Å². The van der Waals surface area contributed by atoms with Crippen LogP contribution < -0.4 is 10.1 Å². The minimum Gasteiger partial charge on any atom is -0.482 e. The number of aromatic nitrogens is 2. The molecule has 1 N–H and O–H groups in total. The maximum absolute atomic E-state index is 6.21. The summed E-state index contributed by atoms with van der Waals surface area (Å²) >= 11 is 6.21. The van der Waals surface area contributed by atoms with E-state index in [1.807, 2.05) is 18.2 Å². The van der Waals surface area contributed by atoms with Gasteiger partial charge >= 0.3 is 0 Å². The molecular formula is C15H20ClN3O2. The predicted molar refractivity (Wildman–Crippen MR) is 81.5 cm³/mol. The average molecular weight is 310 g/mol. The van der Waals surface area contributed by atoms with Crippen LogP contribution in [-0.2, 0) is 19.6 Å². The molecule has 1 heterocycles. The van der Waals surface area contributed by atoms with Crippen molar-refractivity contribution in [2.24, 2.45) is 0 Å². The van der Waals surface area contributed by atoms with Crippen molar-refractivity contribution in [3.63, 3.8) is 0 Å². The van der Waals surface area contributed by atoms with Gasteiger partial charge in [-0.2, -0.15) is 4.98 Å². The van der Waals surface area contributed by atoms with Crippen molar-refractivity contribution < 1.29 is 9.26 Å². The second kappa shape index (κ2) is 8.00. The zero-order valence-corrected chi connectivity index (χ0v) is 13.1. The second-order valence-electron chi connectivity index (χ2n) is 4.65. The predicted octanol–water partition coefficient (Wildman–Crippen LogP) is 3.36. The zero-order valence-electron chi connectivity index (χ0n) is 12.4. The Balaban J connectivity index is 2.04. The van der Waals surface area contributed by atoms with Gasteiger partial charge in [0.15, 0.2) is 12.4 Å². The van der Waals surface area contributed by atoms with Crippen LogP contribution in [0.1, 0.15) is 37.5 Å². The van der Waals surface area contributed by atoms with Crippen LogP contribution in [0, 0.1) is 0 Å². The number of halogens is 1. The standard InChI is InChI=1S/C15H20ClN3O2/c1-3-6-13-18-14(21-19-13)10-20-15-11(9-17-4-2)7-5-8-12(15)16/h5,7-8,17H,3-4,6,9-10H2,1-2H3. The van der Waals surface area contributed by atoms with Gasteiger partial charge in [0.05, 0.1) is 5.02 Å². The third kappa shape index (κ3) is 4.44. The van der Waals surface area contributed by atoms with Crippen molar-refractivity contribution in [2.75, 3.05) is 6.54 Å². The molecule has 0 spiro atoms. The van der Waals surface area contributed by atoms with Crippen LogP contribution in [0.4, 0.5) is 0 Å². The molecule has 0 aliphatic carbocycles. The minimum atomic E-state index is 0.222. The Labute approximate surface area is 129 Å². The molecule has 21 heavy (non-hydrogen) atoms. The van der Waals surface area contributed by atoms with Gasteiger partial charge in [-0.3, -0.25) is 0 Å². The topological polar surface area (TPSA) is 60.2 Å². The molecule has 5 nitrogen and oxygen atoms in total. The van der Waals surface area contributed by atoms with Crippen LogP contribution in [0.3, 0.4) is 0 Å². The van der Waals surface area contributed by atoms with Crippen LogP contribution in [0.15, 0.2) is 22.7 Å². The van der Waals surface area contributed by atoms with Crippen molar-refractivity contribution in [3.05, 3.63) is 40.5 Å². The number of benzene rings is 1. The van der Waals surface area contributed by atoms with E-state index < -0.39 is 0 Å². The molecular weight excluding hydrogens is 290 g/mol. The molecule has 0 saturated heterocycles. The van der Waals surface area contributed by atoms with Crippen molar-refractivity contribution in [3.8, 4) is 5.75 Å². The summed E-state index contributed by atoms with van der Waals surface area (Å²) in [6.07, 6.45) is 1.79. The lowest BCUT2D eigenvalue weighted by Gasteiger charge is -2.12. The first-order chi connectivity index (χ1) is 10.2. The highest BCUT2D eigenvalue weighted by molar-refractivity contribution is 6.32. The maximum atomic E-state index is 6.21. The number of aryl methyl sites for hydroxylation is 1. The Bertz CT molecular complexity index is 572. The van der Waals surface area contributed by atoms with E-state index in [-0.39, 0.29) is 6.61 Å². The number of ether oxygens (including phenoxy) is 1. The molecule has 0 radical (unpaired) electrons. The molecule has 1 aromatic heterocycles. The van der Waals surface area contributed by atoms with E-state index in [1.165, 1.54) is 0 Å². The Morgan fingerprint density at radius 3 is 2.95 bits per heavy atom. The number of nitrogens with one attached hydrogen (secondary N) is 1. The summed E-state index contributed by atoms with van der Waals surface area (Å²) in [6.45, 7) is 5.94. The van der Waals surface area contributed by atoms with E-state index in [4.69, 9.17) is 20.9 Å². The number of rotatable bonds is 8. The molecule has 0 amide bonds. The number of para-hydroxylation sites is 1. The first-order valence-corrected chi connectivity index (χ1v) is 7.54. The maximum Gasteiger partial charge on any atom is 0.264 e. The lowest BCUT2D eigenvalue weighted by molar-refractivity contribution is 0.240. The smallest absolute Gasteiger partial charge is 0.264 e. The monoisotopic (exact) mass is 309 g/mol. The number of hydrogen-bond acceptors (Lipinski definition) is 5. The molecule has 2 aromatic rings. The molecule has 2 rings (SSSR count). The van der Waals surface area contributed by atoms with Crippen molar-refractivity contribution >= 4 is 11.6 Å². The lowest BCUT2D eigenvalue weighted by Crippen LogP contribution is -2.13. The van der Waals surface area contributed by atoms with Crippen molar-refractivity contribution in [2.45, 2.75) is 39.8 Å². The Morgan fingerprint density at radius 1 is 1.33 bits per heavy atom. The second-order valence-corrected chi connectivity index (χ2v) is 5.06. The van der Waals surface area contributed by atoms with Crippen molar-refractivity contribution in [1.29, 1.82) is 0 Å². The molecule has 0 fully saturated rings. The molecule has 0 atom stereocenters. The highest BCUT2D eigenvalue weighted by Gasteiger charge is 2.11. The molecule has 0 unspecified atom stereocenters. The first-order valence-electron chi connectivity index (χ1n) is 7.17. The third-order valence-corrected chi connectivity index (χ3v) is 3.24. The normalized spacial score (nSPS) is 10.8. The molecule has 0 aliphatic rings. The quantitative estimate of drug-likeness (QED) is 0.810. The molecule has 0 bridgehead atoms. The summed E-state index contributed by atoms with van der Waals surface area (Å²) in [5.41, 5.74) is 1.01. The van der Waals surface area contributed by atoms with Crippen LogP contribution in [0.25, 0.3) is 0 Å². The fourth-order valence-corrected chi connectivity index (χ4v) is 2.17. The van der Waals surface area contributed by atoms with Crippen LogP contribution in [0.5, 0.6) is 5.75 Å². The van der Waals surface area contributed by atoms with Gasteiger partial charge in [0.2, 0.25) is 0 Å². The SMILES string of the molecule is CCCc1noc(COc2c(Cl)cccc2CNCC)n1. The molecule has 1 aromatic carbocycles. The highest BCUT2D eigenvalue weighted by atomic mass is 35.5. The lowest BCUT2D eigenvalue weighted by atomic mass is 10.2. The highest BCUT2D eigenvalue weighted by Crippen LogP contribution is 2.29. The summed E-state index contributed by atoms with van der Waals surface area (Å²) in [4.78, 5) is 4.28. The summed E-state index contributed by atoms with van der Waals surface area (Å²) in [6, 6.07) is 5.71. The van der Waals surface area contributed by atoms with Crippen molar-refractivity contribution in [1.82, 2.24) is 15.5 Å². The molecule has 114 valence electrons. The van der Waals surface area contributed by atoms with Gasteiger partial charge in [-0.25, -0.2) is 0 Å². The van der Waals surface area contributed by atoms with Gasteiger partial charge in [0.25, 0.3) is 5.89 Å². The van der Waals surface area contributed by atoms with Gasteiger partial charge in [0, 0.05) is 18.5 Å². The number of nitrogens with zero attached hydrogens (tertiary/aromatic N) is 2. The van der Waals surface area contributed by atoms with E-state index in [9.17, 15) is 0 Å². The number of hydrogen-bond donors (Lipinski definition) is 1. The first kappa shape index (κ1) is 15.8. The van der Waals surface area contributed by atoms with E-state index in [1.54, 1.807) is 0 Å². The summed E-state index contributed by atoms with van der Waals surface area (Å²) in [7, 11) is 0. The van der Waals surface area contributed by atoms with Gasteiger partial charge < -0.3 is 14.6 Å². The van der Waals surface area contributed by atoms with E-state index in [2.05, 4.69) is 29.3 Å². The fourth-order valence-electron chi connectivity index (χ4n) is 1.92. The summed E-state index contributed by atoms with van der Waals surface area (Å²) < 4.78 is 10.9. The fraction of sp³-hybridized carbons (Fsp3) is 0.467. The van der Waals surface area contributed by atoms with Crippen LogP contribution >= 0.6 is 11.6 Å². The molecule has 0 aliphatic heterocycles. The van der Waals surface area contributed by atoms with Gasteiger partial charge in [-0.05, 0) is 19.0 Å².